The lowest BCUT2D eigenvalue weighted by Gasteiger charge is -2.27. The van der Waals surface area contributed by atoms with Crippen LogP contribution >= 0.6 is 0 Å². The maximum Gasteiger partial charge on any atom is 0.408 e. The zero-order valence-corrected chi connectivity index (χ0v) is 11.2. The molecule has 2 aliphatic rings. The van der Waals surface area contributed by atoms with Crippen molar-refractivity contribution in [1.29, 1.82) is 0 Å². The molecule has 1 fully saturated rings. The second-order valence-corrected chi connectivity index (χ2v) is 4.53. The summed E-state index contributed by atoms with van der Waals surface area (Å²) in [6.07, 6.45) is 3.93. The maximum absolute atomic E-state index is 12.7. The largest absolute Gasteiger partial charge is 0.474 e. The van der Waals surface area contributed by atoms with Crippen LogP contribution < -0.4 is 10.2 Å². The lowest BCUT2D eigenvalue weighted by atomic mass is 10.2. The molecule has 1 atom stereocenters. The van der Waals surface area contributed by atoms with Crippen molar-refractivity contribution in [3.05, 3.63) is 54.4 Å². The van der Waals surface area contributed by atoms with Gasteiger partial charge in [0.25, 0.3) is 5.91 Å². The number of carbonyl (C=O) groups is 2. The minimum Gasteiger partial charge on any atom is -0.474 e. The summed E-state index contributed by atoms with van der Waals surface area (Å²) in [6, 6.07) is 9.11. The average molecular weight is 286 g/mol. The minimum absolute atomic E-state index is 0.157. The minimum atomic E-state index is -0.854. The molecule has 0 radical (unpaired) electrons. The molecule has 0 bridgehead atoms. The van der Waals surface area contributed by atoms with Crippen molar-refractivity contribution in [2.75, 3.05) is 18.1 Å². The summed E-state index contributed by atoms with van der Waals surface area (Å²) in [5, 5.41) is 2.48. The molecule has 1 N–H and O–H groups in total. The highest BCUT2D eigenvalue weighted by Gasteiger charge is 2.35. The van der Waals surface area contributed by atoms with Gasteiger partial charge in [0.15, 0.2) is 6.10 Å². The van der Waals surface area contributed by atoms with E-state index < -0.39 is 12.2 Å². The fraction of sp³-hybridized carbons (Fsp3) is 0.200. The van der Waals surface area contributed by atoms with E-state index in [0.717, 1.165) is 0 Å². The summed E-state index contributed by atoms with van der Waals surface area (Å²) in [6.45, 7) is 0.551. The molecule has 1 saturated heterocycles. The van der Waals surface area contributed by atoms with Crippen LogP contribution in [0.4, 0.5) is 10.5 Å². The summed E-state index contributed by atoms with van der Waals surface area (Å²) >= 11 is 0. The molecule has 6 heteroatoms. The van der Waals surface area contributed by atoms with Crippen LogP contribution in [0.2, 0.25) is 0 Å². The standard InChI is InChI=1S/C15H14N2O4/c18-14(12-10-16-15(19)21-12)17(11-6-2-1-3-7-11)13-8-4-5-9-20-13/h1-8,12H,9-10H2,(H,16,19). The van der Waals surface area contributed by atoms with Crippen LogP contribution in [0.3, 0.4) is 0 Å². The van der Waals surface area contributed by atoms with Crippen LogP contribution in [0.15, 0.2) is 54.4 Å². The van der Waals surface area contributed by atoms with Crippen molar-refractivity contribution in [3.8, 4) is 0 Å². The van der Waals surface area contributed by atoms with Crippen LogP contribution in [0.25, 0.3) is 0 Å². The number of cyclic esters (lactones) is 1. The van der Waals surface area contributed by atoms with Gasteiger partial charge in [0.05, 0.1) is 12.2 Å². The van der Waals surface area contributed by atoms with Gasteiger partial charge in [-0.15, -0.1) is 0 Å². The molecule has 0 aliphatic carbocycles. The second-order valence-electron chi connectivity index (χ2n) is 4.53. The van der Waals surface area contributed by atoms with E-state index in [9.17, 15) is 9.59 Å². The number of amides is 2. The Balaban J connectivity index is 1.92. The molecule has 108 valence electrons. The molecule has 0 spiro atoms. The van der Waals surface area contributed by atoms with Crippen molar-refractivity contribution < 1.29 is 19.1 Å². The number of allylic oxidation sites excluding steroid dienone is 2. The molecule has 0 saturated carbocycles. The Bertz CT molecular complexity index is 609. The predicted octanol–water partition coefficient (Wildman–Crippen LogP) is 1.56. The first-order chi connectivity index (χ1) is 10.3. The van der Waals surface area contributed by atoms with Crippen molar-refractivity contribution in [3.63, 3.8) is 0 Å². The topological polar surface area (TPSA) is 67.9 Å². The number of para-hydroxylation sites is 1. The van der Waals surface area contributed by atoms with E-state index in [0.29, 0.717) is 18.2 Å². The Kier molecular flexibility index (Phi) is 3.59. The third kappa shape index (κ3) is 2.74. The van der Waals surface area contributed by atoms with Crippen LogP contribution in [-0.2, 0) is 14.3 Å². The molecular formula is C15H14N2O4. The summed E-state index contributed by atoms with van der Waals surface area (Å²) < 4.78 is 10.5. The first kappa shape index (κ1) is 13.2. The molecule has 0 aromatic heterocycles. The van der Waals surface area contributed by atoms with Gasteiger partial charge in [-0.05, 0) is 24.3 Å². The van der Waals surface area contributed by atoms with Gasteiger partial charge in [-0.2, -0.15) is 0 Å². The lowest BCUT2D eigenvalue weighted by Crippen LogP contribution is -2.41. The Hall–Kier alpha value is -2.76. The number of nitrogens with one attached hydrogen (secondary N) is 1. The van der Waals surface area contributed by atoms with Gasteiger partial charge < -0.3 is 14.8 Å². The first-order valence-corrected chi connectivity index (χ1v) is 6.59. The molecule has 2 aliphatic heterocycles. The molecule has 1 unspecified atom stereocenters. The summed E-state index contributed by atoms with van der Waals surface area (Å²) in [4.78, 5) is 25.2. The van der Waals surface area contributed by atoms with E-state index in [4.69, 9.17) is 9.47 Å². The van der Waals surface area contributed by atoms with Crippen molar-refractivity contribution in [2.45, 2.75) is 6.10 Å². The first-order valence-electron chi connectivity index (χ1n) is 6.59. The predicted molar refractivity (Wildman–Crippen MR) is 75.4 cm³/mol. The van der Waals surface area contributed by atoms with Gasteiger partial charge in [0.2, 0.25) is 5.88 Å². The van der Waals surface area contributed by atoms with E-state index in [1.807, 2.05) is 30.4 Å². The number of benzene rings is 1. The third-order valence-corrected chi connectivity index (χ3v) is 3.11. The Morgan fingerprint density at radius 1 is 1.29 bits per heavy atom. The number of anilines is 1. The average Bonchev–Trinajstić information content (AvgIpc) is 2.96. The van der Waals surface area contributed by atoms with Gasteiger partial charge in [-0.1, -0.05) is 24.3 Å². The van der Waals surface area contributed by atoms with E-state index in [1.54, 1.807) is 18.2 Å². The number of alkyl carbamates (subject to hydrolysis) is 1. The van der Waals surface area contributed by atoms with Gasteiger partial charge in [-0.25, -0.2) is 9.69 Å². The smallest absolute Gasteiger partial charge is 0.408 e. The molecule has 2 heterocycles. The Morgan fingerprint density at radius 3 is 2.71 bits per heavy atom. The molecule has 1 aromatic carbocycles. The van der Waals surface area contributed by atoms with Crippen molar-refractivity contribution in [1.82, 2.24) is 5.32 Å². The number of hydrogen-bond donors (Lipinski definition) is 1. The fourth-order valence-corrected chi connectivity index (χ4v) is 2.14. The highest BCUT2D eigenvalue weighted by molar-refractivity contribution is 6.01. The molecular weight excluding hydrogens is 272 g/mol. The second kappa shape index (κ2) is 5.70. The van der Waals surface area contributed by atoms with Crippen molar-refractivity contribution in [2.24, 2.45) is 0 Å². The molecule has 3 rings (SSSR count). The maximum atomic E-state index is 12.7. The monoisotopic (exact) mass is 286 g/mol. The number of hydrogen-bond acceptors (Lipinski definition) is 4. The highest BCUT2D eigenvalue weighted by atomic mass is 16.6. The fourth-order valence-electron chi connectivity index (χ4n) is 2.14. The van der Waals surface area contributed by atoms with E-state index >= 15 is 0 Å². The zero-order valence-electron chi connectivity index (χ0n) is 11.2. The molecule has 6 nitrogen and oxygen atoms in total. The quantitative estimate of drug-likeness (QED) is 0.915. The van der Waals surface area contributed by atoms with Gasteiger partial charge in [0.1, 0.15) is 6.61 Å². The van der Waals surface area contributed by atoms with Gasteiger partial charge in [-0.3, -0.25) is 4.79 Å². The van der Waals surface area contributed by atoms with Crippen LogP contribution in [0.1, 0.15) is 0 Å². The summed E-state index contributed by atoms with van der Waals surface area (Å²) in [7, 11) is 0. The lowest BCUT2D eigenvalue weighted by molar-refractivity contribution is -0.125. The zero-order chi connectivity index (χ0) is 14.7. The molecule has 1 aromatic rings. The SMILES string of the molecule is O=C1NCC(C(=O)N(C2=CC=CCO2)c2ccccc2)O1. The van der Waals surface area contributed by atoms with E-state index in [1.165, 1.54) is 4.90 Å². The Labute approximate surface area is 121 Å². The number of carbonyl (C=O) groups excluding carboxylic acids is 2. The van der Waals surface area contributed by atoms with Crippen LogP contribution in [0.5, 0.6) is 0 Å². The van der Waals surface area contributed by atoms with E-state index in [-0.39, 0.29) is 12.5 Å². The third-order valence-electron chi connectivity index (χ3n) is 3.11. The molecule has 2 amide bonds. The number of rotatable bonds is 3. The normalized spacial score (nSPS) is 20.1. The Morgan fingerprint density at radius 2 is 2.10 bits per heavy atom. The number of nitrogens with zero attached hydrogens (tertiary/aromatic N) is 1. The number of ether oxygens (including phenoxy) is 2. The summed E-state index contributed by atoms with van der Waals surface area (Å²) in [5.41, 5.74) is 0.659. The molecule has 21 heavy (non-hydrogen) atoms. The van der Waals surface area contributed by atoms with Crippen LogP contribution in [0, 0.1) is 0 Å². The summed E-state index contributed by atoms with van der Waals surface area (Å²) in [5.74, 6) is 0.0674. The highest BCUT2D eigenvalue weighted by Crippen LogP contribution is 2.23. The van der Waals surface area contributed by atoms with Gasteiger partial charge >= 0.3 is 6.09 Å². The van der Waals surface area contributed by atoms with Gasteiger partial charge in [0, 0.05) is 0 Å². The van der Waals surface area contributed by atoms with Crippen LogP contribution in [-0.4, -0.2) is 31.3 Å². The van der Waals surface area contributed by atoms with E-state index in [2.05, 4.69) is 5.32 Å². The van der Waals surface area contributed by atoms with Crippen molar-refractivity contribution >= 4 is 17.7 Å².